The topological polar surface area (TPSA) is 60.2 Å². The summed E-state index contributed by atoms with van der Waals surface area (Å²) in [5, 5.41) is 0. The summed E-state index contributed by atoms with van der Waals surface area (Å²) in [5.41, 5.74) is 6.32. The molecule has 1 saturated heterocycles. The molecule has 2 N–H and O–H groups in total. The molecule has 0 radical (unpaired) electrons. The van der Waals surface area contributed by atoms with Crippen molar-refractivity contribution in [3.8, 4) is 0 Å². The molecule has 100 valence electrons. The second kappa shape index (κ2) is 4.88. The summed E-state index contributed by atoms with van der Waals surface area (Å²) in [6.45, 7) is 4.61. The Morgan fingerprint density at radius 1 is 1.06 bits per heavy atom. The molecule has 2 fully saturated rings. The molecule has 0 aromatic carbocycles. The maximum absolute atomic E-state index is 11.5. The average molecular weight is 259 g/mol. The van der Waals surface area contributed by atoms with Crippen molar-refractivity contribution in [3.05, 3.63) is 0 Å². The van der Waals surface area contributed by atoms with Gasteiger partial charge in [-0.1, -0.05) is 20.3 Å². The van der Waals surface area contributed by atoms with E-state index in [0.717, 1.165) is 18.3 Å². The number of nitrogens with two attached hydrogens (primary N) is 1. The quantitative estimate of drug-likeness (QED) is 0.823. The first-order valence-electron chi connectivity index (χ1n) is 6.85. The molecular formula is C13H25NO2S. The minimum absolute atomic E-state index is 0.0993. The summed E-state index contributed by atoms with van der Waals surface area (Å²) in [6, 6.07) is 0.0993. The van der Waals surface area contributed by atoms with Gasteiger partial charge in [0.1, 0.15) is 0 Å². The van der Waals surface area contributed by atoms with Crippen LogP contribution in [0.4, 0.5) is 0 Å². The lowest BCUT2D eigenvalue weighted by Crippen LogP contribution is -2.41. The van der Waals surface area contributed by atoms with Crippen LogP contribution in [0.2, 0.25) is 0 Å². The number of hydrogen-bond donors (Lipinski definition) is 1. The van der Waals surface area contributed by atoms with Crippen LogP contribution in [0.3, 0.4) is 0 Å². The van der Waals surface area contributed by atoms with Gasteiger partial charge < -0.3 is 5.73 Å². The fourth-order valence-electron chi connectivity index (χ4n) is 3.45. The summed E-state index contributed by atoms with van der Waals surface area (Å²) < 4.78 is 23.0. The van der Waals surface area contributed by atoms with Gasteiger partial charge in [-0.05, 0) is 42.9 Å². The number of hydrogen-bond acceptors (Lipinski definition) is 3. The summed E-state index contributed by atoms with van der Waals surface area (Å²) in [6.07, 6.45) is 4.39. The van der Waals surface area contributed by atoms with Crippen molar-refractivity contribution in [2.75, 3.05) is 11.5 Å². The Hall–Kier alpha value is -0.0900. The fourth-order valence-corrected chi connectivity index (χ4v) is 5.32. The van der Waals surface area contributed by atoms with Crippen molar-refractivity contribution < 1.29 is 8.42 Å². The SMILES string of the molecule is CC1CCC(C(N)C2CCS(=O)(=O)C2)CC1C. The van der Waals surface area contributed by atoms with Gasteiger partial charge in [0.25, 0.3) is 0 Å². The van der Waals surface area contributed by atoms with Gasteiger partial charge in [-0.25, -0.2) is 8.42 Å². The molecule has 2 rings (SSSR count). The van der Waals surface area contributed by atoms with Crippen LogP contribution in [0.5, 0.6) is 0 Å². The van der Waals surface area contributed by atoms with Gasteiger partial charge in [-0.2, -0.15) is 0 Å². The number of sulfone groups is 1. The van der Waals surface area contributed by atoms with Crippen molar-refractivity contribution in [2.45, 2.75) is 45.6 Å². The summed E-state index contributed by atoms with van der Waals surface area (Å²) in [7, 11) is -2.78. The zero-order valence-electron chi connectivity index (χ0n) is 10.9. The van der Waals surface area contributed by atoms with Crippen LogP contribution in [0.15, 0.2) is 0 Å². The van der Waals surface area contributed by atoms with Gasteiger partial charge in [0.2, 0.25) is 0 Å². The summed E-state index contributed by atoms with van der Waals surface area (Å²) >= 11 is 0. The zero-order valence-corrected chi connectivity index (χ0v) is 11.7. The van der Waals surface area contributed by atoms with Crippen LogP contribution >= 0.6 is 0 Å². The molecule has 0 amide bonds. The normalized spacial score (nSPS) is 43.5. The van der Waals surface area contributed by atoms with Crippen molar-refractivity contribution in [1.29, 1.82) is 0 Å². The molecule has 0 spiro atoms. The van der Waals surface area contributed by atoms with E-state index in [1.165, 1.54) is 19.3 Å². The largest absolute Gasteiger partial charge is 0.327 e. The van der Waals surface area contributed by atoms with Crippen molar-refractivity contribution in [2.24, 2.45) is 29.4 Å². The van der Waals surface area contributed by atoms with E-state index in [0.29, 0.717) is 17.4 Å². The average Bonchev–Trinajstić information content (AvgIpc) is 2.62. The highest BCUT2D eigenvalue weighted by Crippen LogP contribution is 2.37. The molecule has 5 unspecified atom stereocenters. The Bertz CT molecular complexity index is 366. The molecule has 17 heavy (non-hydrogen) atoms. The van der Waals surface area contributed by atoms with Crippen molar-refractivity contribution in [1.82, 2.24) is 0 Å². The molecule has 0 bridgehead atoms. The van der Waals surface area contributed by atoms with Gasteiger partial charge in [0.05, 0.1) is 11.5 Å². The summed E-state index contributed by atoms with van der Waals surface area (Å²) in [4.78, 5) is 0. The lowest BCUT2D eigenvalue weighted by atomic mass is 9.71. The molecule has 1 heterocycles. The third-order valence-corrected chi connectivity index (χ3v) is 6.79. The molecule has 0 aromatic heterocycles. The van der Waals surface area contributed by atoms with Crippen LogP contribution in [0.25, 0.3) is 0 Å². The Morgan fingerprint density at radius 2 is 1.76 bits per heavy atom. The van der Waals surface area contributed by atoms with Crippen molar-refractivity contribution in [3.63, 3.8) is 0 Å². The van der Waals surface area contributed by atoms with E-state index in [-0.39, 0.29) is 12.0 Å². The van der Waals surface area contributed by atoms with Gasteiger partial charge in [0, 0.05) is 6.04 Å². The maximum atomic E-state index is 11.5. The molecule has 4 heteroatoms. The smallest absolute Gasteiger partial charge is 0.150 e. The van der Waals surface area contributed by atoms with Crippen molar-refractivity contribution >= 4 is 9.84 Å². The van der Waals surface area contributed by atoms with Crippen LogP contribution in [0.1, 0.15) is 39.5 Å². The van der Waals surface area contributed by atoms with E-state index in [1.54, 1.807) is 0 Å². The predicted octanol–water partition coefficient (Wildman–Crippen LogP) is 1.82. The van der Waals surface area contributed by atoms with Crippen LogP contribution in [0, 0.1) is 23.7 Å². The number of rotatable bonds is 2. The second-order valence-corrected chi connectivity index (χ2v) is 8.50. The lowest BCUT2D eigenvalue weighted by Gasteiger charge is -2.37. The van der Waals surface area contributed by atoms with E-state index in [1.807, 2.05) is 0 Å². The lowest BCUT2D eigenvalue weighted by molar-refractivity contribution is 0.165. The Balaban J connectivity index is 1.95. The predicted molar refractivity (Wildman–Crippen MR) is 70.4 cm³/mol. The fraction of sp³-hybridized carbons (Fsp3) is 1.00. The minimum atomic E-state index is -2.78. The highest BCUT2D eigenvalue weighted by atomic mass is 32.2. The first-order chi connectivity index (χ1) is 7.89. The zero-order chi connectivity index (χ0) is 12.6. The molecular weight excluding hydrogens is 234 g/mol. The van der Waals surface area contributed by atoms with Gasteiger partial charge in [0.15, 0.2) is 9.84 Å². The molecule has 1 aliphatic carbocycles. The van der Waals surface area contributed by atoms with E-state index >= 15 is 0 Å². The maximum Gasteiger partial charge on any atom is 0.150 e. The Labute approximate surface area is 105 Å². The monoisotopic (exact) mass is 259 g/mol. The van der Waals surface area contributed by atoms with Gasteiger partial charge >= 0.3 is 0 Å². The van der Waals surface area contributed by atoms with E-state index in [9.17, 15) is 8.42 Å². The summed E-state index contributed by atoms with van der Waals surface area (Å²) in [5.74, 6) is 2.97. The third kappa shape index (κ3) is 3.02. The molecule has 1 aliphatic heterocycles. The molecule has 0 aromatic rings. The highest BCUT2D eigenvalue weighted by molar-refractivity contribution is 7.91. The van der Waals surface area contributed by atoms with Gasteiger partial charge in [-0.15, -0.1) is 0 Å². The standard InChI is InChI=1S/C13H25NO2S/c1-9-3-4-11(7-10(9)2)13(14)12-5-6-17(15,16)8-12/h9-13H,3-8,14H2,1-2H3. The van der Waals surface area contributed by atoms with Crippen LogP contribution in [-0.2, 0) is 9.84 Å². The molecule has 5 atom stereocenters. The van der Waals surface area contributed by atoms with E-state index < -0.39 is 9.84 Å². The van der Waals surface area contributed by atoms with Crippen LogP contribution < -0.4 is 5.73 Å². The van der Waals surface area contributed by atoms with Gasteiger partial charge in [-0.3, -0.25) is 0 Å². The van der Waals surface area contributed by atoms with E-state index in [2.05, 4.69) is 13.8 Å². The first kappa shape index (κ1) is 13.3. The Morgan fingerprint density at radius 3 is 2.29 bits per heavy atom. The van der Waals surface area contributed by atoms with E-state index in [4.69, 9.17) is 5.73 Å². The molecule has 2 aliphatic rings. The third-order valence-electron chi connectivity index (χ3n) is 5.00. The minimum Gasteiger partial charge on any atom is -0.327 e. The first-order valence-corrected chi connectivity index (χ1v) is 8.67. The highest BCUT2D eigenvalue weighted by Gasteiger charge is 2.37. The second-order valence-electron chi connectivity index (χ2n) is 6.27. The van der Waals surface area contributed by atoms with Crippen LogP contribution in [-0.4, -0.2) is 26.0 Å². The Kier molecular flexibility index (Phi) is 3.83. The molecule has 1 saturated carbocycles. The molecule has 3 nitrogen and oxygen atoms in total.